The highest BCUT2D eigenvalue weighted by atomic mass is 32.1. The van der Waals surface area contributed by atoms with Crippen LogP contribution in [-0.2, 0) is 22.7 Å². The summed E-state index contributed by atoms with van der Waals surface area (Å²) in [5.74, 6) is 4.70. The van der Waals surface area contributed by atoms with Crippen molar-refractivity contribution in [1.82, 2.24) is 24.5 Å². The highest BCUT2D eigenvalue weighted by Gasteiger charge is 2.54. The topological polar surface area (TPSA) is 75.0 Å². The molecule has 648 valence electrons. The molecule has 2 aliphatic heterocycles. The predicted octanol–water partition coefficient (Wildman–Crippen LogP) is 33.4. The first-order chi connectivity index (χ1) is 68.7. The van der Waals surface area contributed by atoms with Crippen LogP contribution in [0.2, 0.25) is 0 Å². The second kappa shape index (κ2) is 30.5. The van der Waals surface area contributed by atoms with Gasteiger partial charge in [-0.15, -0.1) is 11.3 Å². The van der Waals surface area contributed by atoms with Crippen LogP contribution in [-0.4, -0.2) is 24.5 Å². The van der Waals surface area contributed by atoms with Crippen molar-refractivity contribution in [2.75, 3.05) is 0 Å². The quantitative estimate of drug-likeness (QED) is 0.121. The first kappa shape index (κ1) is 78.9. The number of rotatable bonds is 12. The Morgan fingerprint density at radius 3 is 1.43 bits per heavy atom. The molecule has 3 aliphatic carbocycles. The molecule has 5 aliphatic rings. The summed E-state index contributed by atoms with van der Waals surface area (Å²) in [6, 6.07) is 169. The van der Waals surface area contributed by atoms with E-state index in [1.165, 1.54) is 114 Å². The number of fused-ring (bicyclic) bond motifs is 29. The van der Waals surface area contributed by atoms with E-state index in [0.29, 0.717) is 11.6 Å². The molecule has 0 radical (unpaired) electrons. The molecule has 4 aromatic heterocycles. The average molecular weight is 1790 g/mol. The Bertz CT molecular complexity index is 9260. The van der Waals surface area contributed by atoms with Crippen molar-refractivity contribution in [3.05, 3.63) is 522 Å². The SMILES string of the molecule is CC1(Cc2cccc(-c3ccc4c(c3)C3(c5ccccc5Oc5ccccc53)c3cc(-c5nc(-c6ccc(-c7ccc(-c8ccccc8)cc7)c(-c7ccc8sc9ccccc9c8c7)c6)nc6ccccc56)ccc3-4)c2)c2ccccc2-c2c1ccc1c2c2ccccc2n1-c1cccc(-c2cc(-c3ccc4c(c3)C3(c5ccccc5Oc5ccccc53)c3ccccc3-4)nc(-c3ccccc3)n2)c1. The lowest BCUT2D eigenvalue weighted by Crippen LogP contribution is -2.32. The number of ether oxygens (including phenoxy) is 2. The van der Waals surface area contributed by atoms with Crippen LogP contribution in [0.15, 0.2) is 461 Å². The summed E-state index contributed by atoms with van der Waals surface area (Å²) in [5.41, 5.74) is 39.3. The predicted molar refractivity (Wildman–Crippen MR) is 568 cm³/mol. The molecule has 20 aromatic carbocycles. The first-order valence-corrected chi connectivity index (χ1v) is 48.6. The molecule has 24 aromatic rings. The molecule has 139 heavy (non-hydrogen) atoms. The highest BCUT2D eigenvalue weighted by Crippen LogP contribution is 2.66. The molecule has 1 unspecified atom stereocenters. The van der Waals surface area contributed by atoms with Crippen molar-refractivity contribution in [3.8, 4) is 163 Å². The maximum absolute atomic E-state index is 7.05. The Hall–Kier alpha value is -17.6. The lowest BCUT2D eigenvalue weighted by Gasteiger charge is -2.39. The number of para-hydroxylation sites is 6. The van der Waals surface area contributed by atoms with E-state index in [1.807, 2.05) is 11.3 Å². The summed E-state index contributed by atoms with van der Waals surface area (Å²) in [6.07, 6.45) is 0.764. The summed E-state index contributed by atoms with van der Waals surface area (Å²) >= 11 is 1.84. The van der Waals surface area contributed by atoms with E-state index >= 15 is 0 Å². The lowest BCUT2D eigenvalue weighted by molar-refractivity contribution is 0.436. The molecule has 2 spiro atoms. The average Bonchev–Trinajstić information content (AvgIpc) is 1.54. The van der Waals surface area contributed by atoms with Gasteiger partial charge in [-0.3, -0.25) is 0 Å². The summed E-state index contributed by atoms with van der Waals surface area (Å²) < 4.78 is 18.8. The summed E-state index contributed by atoms with van der Waals surface area (Å²) in [7, 11) is 0. The van der Waals surface area contributed by atoms with Crippen molar-refractivity contribution >= 4 is 64.2 Å². The minimum Gasteiger partial charge on any atom is -0.457 e. The molecule has 0 amide bonds. The van der Waals surface area contributed by atoms with Crippen molar-refractivity contribution in [1.29, 1.82) is 0 Å². The Morgan fingerprint density at radius 2 is 0.727 bits per heavy atom. The Morgan fingerprint density at radius 1 is 0.252 bits per heavy atom. The van der Waals surface area contributed by atoms with Gasteiger partial charge in [-0.1, -0.05) is 365 Å². The van der Waals surface area contributed by atoms with Crippen LogP contribution in [0, 0.1) is 0 Å². The summed E-state index contributed by atoms with van der Waals surface area (Å²) in [6.45, 7) is 2.48. The second-order valence-electron chi connectivity index (χ2n) is 37.8. The molecule has 7 nitrogen and oxygen atoms in total. The minimum absolute atomic E-state index is 0.418. The molecule has 0 N–H and O–H groups in total. The van der Waals surface area contributed by atoms with Gasteiger partial charge in [0.15, 0.2) is 11.6 Å². The van der Waals surface area contributed by atoms with E-state index in [2.05, 4.69) is 473 Å². The van der Waals surface area contributed by atoms with Gasteiger partial charge >= 0.3 is 0 Å². The molecule has 1 atom stereocenters. The number of aromatic nitrogens is 5. The van der Waals surface area contributed by atoms with Crippen LogP contribution in [0.1, 0.15) is 68.1 Å². The van der Waals surface area contributed by atoms with Crippen LogP contribution in [0.3, 0.4) is 0 Å². The largest absolute Gasteiger partial charge is 0.457 e. The van der Waals surface area contributed by atoms with E-state index < -0.39 is 16.2 Å². The van der Waals surface area contributed by atoms with Crippen LogP contribution >= 0.6 is 11.3 Å². The molecule has 29 rings (SSSR count). The lowest BCUT2D eigenvalue weighted by atomic mass is 9.65. The van der Waals surface area contributed by atoms with E-state index in [-0.39, 0.29) is 0 Å². The number of hydrogen-bond donors (Lipinski definition) is 0. The molecule has 6 heterocycles. The number of thiophene rings is 1. The molecular weight excluding hydrogens is 1710 g/mol. The van der Waals surface area contributed by atoms with Gasteiger partial charge in [0.1, 0.15) is 23.0 Å². The summed E-state index contributed by atoms with van der Waals surface area (Å²) in [5, 5.41) is 5.94. The third-order valence-electron chi connectivity index (χ3n) is 30.4. The van der Waals surface area contributed by atoms with Gasteiger partial charge < -0.3 is 14.0 Å². The third kappa shape index (κ3) is 11.8. The fourth-order valence-corrected chi connectivity index (χ4v) is 25.4. The van der Waals surface area contributed by atoms with Crippen molar-refractivity contribution in [3.63, 3.8) is 0 Å². The van der Waals surface area contributed by atoms with E-state index in [0.717, 1.165) is 158 Å². The molecular formula is C131H81N5O2S. The second-order valence-corrected chi connectivity index (χ2v) is 38.9. The monoisotopic (exact) mass is 1790 g/mol. The van der Waals surface area contributed by atoms with Gasteiger partial charge in [0.25, 0.3) is 0 Å². The first-order valence-electron chi connectivity index (χ1n) is 47.8. The fraction of sp³-hybridized carbons (Fsp3) is 0.0382. The van der Waals surface area contributed by atoms with Gasteiger partial charge in [0.2, 0.25) is 0 Å². The van der Waals surface area contributed by atoms with Crippen molar-refractivity contribution in [2.24, 2.45) is 0 Å². The normalized spacial score (nSPS) is 14.4. The maximum atomic E-state index is 7.05. The van der Waals surface area contributed by atoms with Crippen LogP contribution in [0.5, 0.6) is 23.0 Å². The van der Waals surface area contributed by atoms with Crippen molar-refractivity contribution < 1.29 is 9.47 Å². The Labute approximate surface area is 807 Å². The van der Waals surface area contributed by atoms with Gasteiger partial charge in [0.05, 0.1) is 44.5 Å². The zero-order valence-corrected chi connectivity index (χ0v) is 76.4. The molecule has 0 fully saturated rings. The number of benzene rings is 20. The highest BCUT2D eigenvalue weighted by molar-refractivity contribution is 7.25. The molecule has 8 heteroatoms. The van der Waals surface area contributed by atoms with Crippen molar-refractivity contribution in [2.45, 2.75) is 29.6 Å². The Kier molecular flexibility index (Phi) is 17.3. The molecule has 0 saturated heterocycles. The van der Waals surface area contributed by atoms with Gasteiger partial charge in [-0.05, 0) is 226 Å². The van der Waals surface area contributed by atoms with E-state index in [1.54, 1.807) is 0 Å². The fourth-order valence-electron chi connectivity index (χ4n) is 24.3. The minimum atomic E-state index is -0.808. The van der Waals surface area contributed by atoms with Crippen LogP contribution in [0.25, 0.3) is 193 Å². The summed E-state index contributed by atoms with van der Waals surface area (Å²) in [4.78, 5) is 22.3. The Balaban J connectivity index is 0.526. The van der Waals surface area contributed by atoms with E-state index in [4.69, 9.17) is 29.4 Å². The zero-order valence-electron chi connectivity index (χ0n) is 75.5. The van der Waals surface area contributed by atoms with Crippen LogP contribution in [0.4, 0.5) is 0 Å². The molecule has 0 saturated carbocycles. The van der Waals surface area contributed by atoms with E-state index in [9.17, 15) is 0 Å². The van der Waals surface area contributed by atoms with Gasteiger partial charge in [0, 0.05) is 97.5 Å². The smallest absolute Gasteiger partial charge is 0.160 e. The number of nitrogens with zero attached hydrogens (tertiary/aromatic N) is 5. The zero-order chi connectivity index (χ0) is 91.3. The third-order valence-corrected chi connectivity index (χ3v) is 31.6. The maximum Gasteiger partial charge on any atom is 0.160 e. The van der Waals surface area contributed by atoms with Gasteiger partial charge in [-0.25, -0.2) is 19.9 Å². The van der Waals surface area contributed by atoms with Gasteiger partial charge in [-0.2, -0.15) is 0 Å². The molecule has 0 bridgehead atoms. The number of hydrogen-bond acceptors (Lipinski definition) is 7. The standard InChI is InChI=1S/C131H81N5O2S/c1-129(103-41-13-9-38-98(103)124-109(129)67-68-117-125(124)100-40-11-20-48-116(100)136(117)91-35-27-34-87(71-91)114-77-115(134-127(133-114)83-31-6-3-7-32-83)88-59-65-94-93-36-8-14-42-104(93)130(111(94)75-88)105-43-15-21-49-118(105)137-119-50-22-16-44-106(119)130)78-79-28-26-33-84(70-79)85-58-64-95-96-66-60-89(76-112(96)131(110(95)74-85)107-45-17-23-51-120(107)138-121-52-24-18-46-108(121)131)126-99-39-10-19-47-113(99)132-128(135-126)90-61-63-92(82-56-54-81(55-57-82)80-29-4-2-5-30-80)101(73-90)86-62-69-123-102(72-86)97-37-12-25-53-122(97)139-123/h2-77H,78H2,1H3. The van der Waals surface area contributed by atoms with Crippen LogP contribution < -0.4 is 9.47 Å².